The van der Waals surface area contributed by atoms with Gasteiger partial charge < -0.3 is 24.8 Å². The van der Waals surface area contributed by atoms with Crippen LogP contribution in [0.5, 0.6) is 5.75 Å². The lowest BCUT2D eigenvalue weighted by Gasteiger charge is -2.19. The Morgan fingerprint density at radius 1 is 1.17 bits per heavy atom. The summed E-state index contributed by atoms with van der Waals surface area (Å²) in [6.45, 7) is 0.113. The number of benzene rings is 1. The SMILES string of the molecule is COC(=O)C/C=C\C=C\C[C@@H]1[C@@H](/C=C/[C@@H](O)COc2ccccc2)[C@H](O)C[C@@H]1O. The molecular formula is C23H30O6. The van der Waals surface area contributed by atoms with Crippen molar-refractivity contribution in [3.63, 3.8) is 0 Å². The van der Waals surface area contributed by atoms with E-state index in [0.717, 1.165) is 0 Å². The Hall–Kier alpha value is -2.41. The van der Waals surface area contributed by atoms with Gasteiger partial charge in [0.1, 0.15) is 18.5 Å². The van der Waals surface area contributed by atoms with E-state index in [1.165, 1.54) is 7.11 Å². The smallest absolute Gasteiger partial charge is 0.309 e. The minimum absolute atomic E-state index is 0.113. The summed E-state index contributed by atoms with van der Waals surface area (Å²) in [5, 5.41) is 30.7. The summed E-state index contributed by atoms with van der Waals surface area (Å²) >= 11 is 0. The molecule has 1 aliphatic rings. The third kappa shape index (κ3) is 7.85. The topological polar surface area (TPSA) is 96.2 Å². The molecule has 0 aliphatic heterocycles. The fourth-order valence-electron chi connectivity index (χ4n) is 3.36. The van der Waals surface area contributed by atoms with E-state index < -0.39 is 18.3 Å². The predicted octanol–water partition coefficient (Wildman–Crippen LogP) is 2.41. The molecule has 1 aromatic carbocycles. The van der Waals surface area contributed by atoms with E-state index in [9.17, 15) is 20.1 Å². The number of aliphatic hydroxyl groups excluding tert-OH is 3. The molecule has 0 spiro atoms. The van der Waals surface area contributed by atoms with Crippen molar-refractivity contribution < 1.29 is 29.6 Å². The summed E-state index contributed by atoms with van der Waals surface area (Å²) in [5.74, 6) is -0.0163. The maximum absolute atomic E-state index is 11.0. The van der Waals surface area contributed by atoms with E-state index in [0.29, 0.717) is 18.6 Å². The fraction of sp³-hybridized carbons (Fsp3) is 0.435. The van der Waals surface area contributed by atoms with Gasteiger partial charge in [-0.3, -0.25) is 4.79 Å². The van der Waals surface area contributed by atoms with E-state index in [1.54, 1.807) is 24.3 Å². The van der Waals surface area contributed by atoms with Crippen molar-refractivity contribution in [3.8, 4) is 5.75 Å². The van der Waals surface area contributed by atoms with Gasteiger partial charge in [-0.15, -0.1) is 0 Å². The van der Waals surface area contributed by atoms with E-state index in [-0.39, 0.29) is 30.8 Å². The number of allylic oxidation sites excluding steroid dienone is 3. The first-order chi connectivity index (χ1) is 14.0. The van der Waals surface area contributed by atoms with E-state index in [2.05, 4.69) is 4.74 Å². The molecule has 0 radical (unpaired) electrons. The van der Waals surface area contributed by atoms with Crippen molar-refractivity contribution in [2.75, 3.05) is 13.7 Å². The van der Waals surface area contributed by atoms with Gasteiger partial charge in [0.15, 0.2) is 0 Å². The second kappa shape index (κ2) is 12.2. The quantitative estimate of drug-likeness (QED) is 0.316. The van der Waals surface area contributed by atoms with Crippen LogP contribution < -0.4 is 4.74 Å². The van der Waals surface area contributed by atoms with Gasteiger partial charge in [-0.25, -0.2) is 0 Å². The molecule has 6 heteroatoms. The number of methoxy groups -OCH3 is 1. The van der Waals surface area contributed by atoms with Gasteiger partial charge in [0.2, 0.25) is 0 Å². The first-order valence-corrected chi connectivity index (χ1v) is 9.80. The summed E-state index contributed by atoms with van der Waals surface area (Å²) in [7, 11) is 1.34. The molecule has 29 heavy (non-hydrogen) atoms. The van der Waals surface area contributed by atoms with Gasteiger partial charge in [-0.05, 0) is 24.5 Å². The molecule has 3 N–H and O–H groups in total. The number of carbonyl (C=O) groups is 1. The lowest BCUT2D eigenvalue weighted by molar-refractivity contribution is -0.139. The highest BCUT2D eigenvalue weighted by Gasteiger charge is 2.39. The van der Waals surface area contributed by atoms with Crippen molar-refractivity contribution in [3.05, 3.63) is 66.8 Å². The van der Waals surface area contributed by atoms with Crippen molar-refractivity contribution in [2.24, 2.45) is 11.8 Å². The number of rotatable bonds is 10. The summed E-state index contributed by atoms with van der Waals surface area (Å²) in [6, 6.07) is 9.23. The van der Waals surface area contributed by atoms with Crippen LogP contribution in [0.25, 0.3) is 0 Å². The standard InChI is InChI=1S/C23H30O6/c1-28-23(27)12-8-3-2-7-11-19-20(22(26)15-21(19)25)14-13-17(24)16-29-18-9-5-4-6-10-18/h2-10,13-14,17,19-22,24-26H,11-12,15-16H2,1H3/b7-2+,8-3-,14-13+/t17-,19-,20-,21+,22-/m1/s1. The molecule has 2 rings (SSSR count). The minimum Gasteiger partial charge on any atom is -0.491 e. The Bertz CT molecular complexity index is 697. The number of hydrogen-bond donors (Lipinski definition) is 3. The molecule has 0 unspecified atom stereocenters. The lowest BCUT2D eigenvalue weighted by Crippen LogP contribution is -2.21. The zero-order valence-corrected chi connectivity index (χ0v) is 16.6. The van der Waals surface area contributed by atoms with Crippen LogP contribution in [0.2, 0.25) is 0 Å². The molecule has 6 nitrogen and oxygen atoms in total. The number of carbonyl (C=O) groups excluding carboxylic acids is 1. The average molecular weight is 402 g/mol. The van der Waals surface area contributed by atoms with E-state index >= 15 is 0 Å². The molecule has 1 aliphatic carbocycles. The molecule has 1 saturated carbocycles. The second-order valence-electron chi connectivity index (χ2n) is 7.06. The summed E-state index contributed by atoms with van der Waals surface area (Å²) in [5.41, 5.74) is 0. The number of esters is 1. The van der Waals surface area contributed by atoms with Gasteiger partial charge in [0.25, 0.3) is 0 Å². The molecule has 0 amide bonds. The first kappa shape index (κ1) is 22.9. The third-order valence-electron chi connectivity index (χ3n) is 4.94. The van der Waals surface area contributed by atoms with Gasteiger partial charge in [0.05, 0.1) is 25.7 Å². The first-order valence-electron chi connectivity index (χ1n) is 9.80. The summed E-state index contributed by atoms with van der Waals surface area (Å²) in [4.78, 5) is 11.0. The normalized spacial score (nSPS) is 25.8. The maximum Gasteiger partial charge on any atom is 0.309 e. The van der Waals surface area contributed by atoms with Crippen molar-refractivity contribution >= 4 is 5.97 Å². The van der Waals surface area contributed by atoms with Crippen molar-refractivity contribution in [2.45, 2.75) is 37.6 Å². The molecule has 0 aromatic heterocycles. The number of para-hydroxylation sites is 1. The van der Waals surface area contributed by atoms with Crippen LogP contribution in [0.4, 0.5) is 0 Å². The van der Waals surface area contributed by atoms with Crippen LogP contribution >= 0.6 is 0 Å². The highest BCUT2D eigenvalue weighted by atomic mass is 16.5. The van der Waals surface area contributed by atoms with Gasteiger partial charge in [0, 0.05) is 12.3 Å². The Morgan fingerprint density at radius 2 is 1.90 bits per heavy atom. The number of ether oxygens (including phenoxy) is 2. The highest BCUT2D eigenvalue weighted by Crippen LogP contribution is 2.36. The Morgan fingerprint density at radius 3 is 2.62 bits per heavy atom. The van der Waals surface area contributed by atoms with Gasteiger partial charge in [-0.1, -0.05) is 54.7 Å². The van der Waals surface area contributed by atoms with Crippen LogP contribution in [0, 0.1) is 11.8 Å². The van der Waals surface area contributed by atoms with E-state index in [4.69, 9.17) is 4.74 Å². The summed E-state index contributed by atoms with van der Waals surface area (Å²) < 4.78 is 10.1. The molecule has 1 fully saturated rings. The molecule has 1 aromatic rings. The third-order valence-corrected chi connectivity index (χ3v) is 4.94. The number of hydrogen-bond acceptors (Lipinski definition) is 6. The van der Waals surface area contributed by atoms with Crippen LogP contribution in [0.3, 0.4) is 0 Å². The van der Waals surface area contributed by atoms with Gasteiger partial charge >= 0.3 is 5.97 Å². The van der Waals surface area contributed by atoms with Crippen LogP contribution in [0.1, 0.15) is 19.3 Å². The molecule has 0 bridgehead atoms. The largest absolute Gasteiger partial charge is 0.491 e. The van der Waals surface area contributed by atoms with Crippen LogP contribution in [0.15, 0.2) is 66.8 Å². The monoisotopic (exact) mass is 402 g/mol. The number of aliphatic hydroxyl groups is 3. The fourth-order valence-corrected chi connectivity index (χ4v) is 3.36. The van der Waals surface area contributed by atoms with Crippen molar-refractivity contribution in [1.82, 2.24) is 0 Å². The Labute approximate surface area is 171 Å². The van der Waals surface area contributed by atoms with E-state index in [1.807, 2.05) is 42.5 Å². The van der Waals surface area contributed by atoms with Crippen molar-refractivity contribution in [1.29, 1.82) is 0 Å². The Kier molecular flexibility index (Phi) is 9.64. The molecule has 5 atom stereocenters. The highest BCUT2D eigenvalue weighted by molar-refractivity contribution is 5.70. The second-order valence-corrected chi connectivity index (χ2v) is 7.06. The zero-order valence-electron chi connectivity index (χ0n) is 16.6. The average Bonchev–Trinajstić information content (AvgIpc) is 3.00. The minimum atomic E-state index is -0.808. The van der Waals surface area contributed by atoms with Gasteiger partial charge in [-0.2, -0.15) is 0 Å². The maximum atomic E-state index is 11.0. The Balaban J connectivity index is 1.84. The summed E-state index contributed by atoms with van der Waals surface area (Å²) in [6.07, 6.45) is 9.56. The lowest BCUT2D eigenvalue weighted by atomic mass is 9.90. The molecule has 0 heterocycles. The zero-order chi connectivity index (χ0) is 21.1. The predicted molar refractivity (Wildman–Crippen MR) is 110 cm³/mol. The molecular weight excluding hydrogens is 372 g/mol. The van der Waals surface area contributed by atoms with Crippen LogP contribution in [-0.2, 0) is 9.53 Å². The van der Waals surface area contributed by atoms with Crippen LogP contribution in [-0.4, -0.2) is 53.3 Å². The molecule has 158 valence electrons. The molecule has 0 saturated heterocycles.